The first-order valence-electron chi connectivity index (χ1n) is 9.37. The number of hydrogen-bond donors (Lipinski definition) is 0. The number of piperidine rings is 1. The van der Waals surface area contributed by atoms with Crippen molar-refractivity contribution in [2.24, 2.45) is 0 Å². The molecule has 1 fully saturated rings. The van der Waals surface area contributed by atoms with Crippen LogP contribution in [0, 0.1) is 0 Å². The molecule has 0 saturated carbocycles. The minimum Gasteiger partial charge on any atom is -0.351 e. The molecule has 2 aromatic rings. The summed E-state index contributed by atoms with van der Waals surface area (Å²) in [5.41, 5.74) is 0.820. The Morgan fingerprint density at radius 1 is 1.42 bits per heavy atom. The van der Waals surface area contributed by atoms with E-state index in [4.69, 9.17) is 4.52 Å². The number of carbonyl (C=O) groups excluding carboxylic acids is 1. The first-order chi connectivity index (χ1) is 12.5. The Kier molecular flexibility index (Phi) is 5.76. The molecule has 1 aliphatic rings. The zero-order valence-electron chi connectivity index (χ0n) is 16.2. The molecule has 1 atom stereocenters. The van der Waals surface area contributed by atoms with E-state index in [1.165, 1.54) is 0 Å². The van der Waals surface area contributed by atoms with E-state index in [1.54, 1.807) is 6.07 Å². The number of likely N-dealkylation sites (tertiary alicyclic amines) is 1. The highest BCUT2D eigenvalue weighted by Gasteiger charge is 2.29. The van der Waals surface area contributed by atoms with Gasteiger partial charge >= 0.3 is 0 Å². The van der Waals surface area contributed by atoms with Crippen LogP contribution in [0.5, 0.6) is 0 Å². The van der Waals surface area contributed by atoms with Crippen LogP contribution >= 0.6 is 0 Å². The third-order valence-electron chi connectivity index (χ3n) is 4.94. The smallest absolute Gasteiger partial charge is 0.292 e. The van der Waals surface area contributed by atoms with Gasteiger partial charge in [0.15, 0.2) is 0 Å². The topological polar surface area (TPSA) is 67.4 Å². The Morgan fingerprint density at radius 2 is 2.23 bits per heavy atom. The molecule has 0 spiro atoms. The monoisotopic (exact) mass is 359 g/mol. The molecule has 26 heavy (non-hydrogen) atoms. The second kappa shape index (κ2) is 8.03. The Labute approximate surface area is 155 Å². The Hall–Kier alpha value is -2.15. The zero-order valence-corrected chi connectivity index (χ0v) is 16.2. The molecular weight excluding hydrogens is 330 g/mol. The van der Waals surface area contributed by atoms with Crippen LogP contribution in [0.2, 0.25) is 0 Å². The predicted molar refractivity (Wildman–Crippen MR) is 99.3 cm³/mol. The van der Waals surface area contributed by atoms with E-state index >= 15 is 0 Å². The van der Waals surface area contributed by atoms with Crippen LogP contribution in [0.15, 0.2) is 23.0 Å². The van der Waals surface area contributed by atoms with Gasteiger partial charge in [0.05, 0.1) is 5.69 Å². The summed E-state index contributed by atoms with van der Waals surface area (Å²) in [5.74, 6) is 1.85. The fourth-order valence-corrected chi connectivity index (χ4v) is 3.37. The number of likely N-dealkylation sites (N-methyl/N-ethyl adjacent to an activating group) is 1. The van der Waals surface area contributed by atoms with E-state index in [2.05, 4.69) is 33.7 Å². The normalized spacial score (nSPS) is 18.1. The summed E-state index contributed by atoms with van der Waals surface area (Å²) in [4.78, 5) is 21.4. The van der Waals surface area contributed by atoms with Crippen LogP contribution in [0.3, 0.4) is 0 Å². The van der Waals surface area contributed by atoms with Crippen LogP contribution in [0.4, 0.5) is 0 Å². The van der Waals surface area contributed by atoms with Gasteiger partial charge in [0.1, 0.15) is 5.82 Å². The van der Waals surface area contributed by atoms with Gasteiger partial charge in [-0.2, -0.15) is 0 Å². The molecule has 0 aromatic carbocycles. The molecule has 0 bridgehead atoms. The number of hydrogen-bond acceptors (Lipinski definition) is 5. The van der Waals surface area contributed by atoms with Gasteiger partial charge in [0.2, 0.25) is 5.76 Å². The summed E-state index contributed by atoms with van der Waals surface area (Å²) in [6.07, 6.45) is 5.92. The molecule has 0 N–H and O–H groups in total. The van der Waals surface area contributed by atoms with Gasteiger partial charge < -0.3 is 18.9 Å². The van der Waals surface area contributed by atoms with E-state index in [-0.39, 0.29) is 17.7 Å². The summed E-state index contributed by atoms with van der Waals surface area (Å²) >= 11 is 0. The Morgan fingerprint density at radius 3 is 2.92 bits per heavy atom. The number of amides is 1. The van der Waals surface area contributed by atoms with E-state index in [9.17, 15) is 4.79 Å². The molecule has 1 amide bonds. The van der Waals surface area contributed by atoms with E-state index in [1.807, 2.05) is 31.1 Å². The van der Waals surface area contributed by atoms with Gasteiger partial charge in [0, 0.05) is 50.6 Å². The highest BCUT2D eigenvalue weighted by Crippen LogP contribution is 2.27. The minimum absolute atomic E-state index is 0.0690. The predicted octanol–water partition coefficient (Wildman–Crippen LogP) is 2.58. The molecule has 0 radical (unpaired) electrons. The highest BCUT2D eigenvalue weighted by atomic mass is 16.5. The van der Waals surface area contributed by atoms with Crippen LogP contribution in [-0.4, -0.2) is 64.1 Å². The summed E-state index contributed by atoms with van der Waals surface area (Å²) in [7, 11) is 4.14. The van der Waals surface area contributed by atoms with Crippen molar-refractivity contribution in [1.29, 1.82) is 0 Å². The maximum Gasteiger partial charge on any atom is 0.292 e. The van der Waals surface area contributed by atoms with E-state index in [0.29, 0.717) is 12.3 Å². The van der Waals surface area contributed by atoms with Gasteiger partial charge in [-0.05, 0) is 32.9 Å². The van der Waals surface area contributed by atoms with Gasteiger partial charge in [-0.1, -0.05) is 19.0 Å². The molecule has 1 aliphatic heterocycles. The quantitative estimate of drug-likeness (QED) is 0.793. The minimum atomic E-state index is -0.0690. The molecular formula is C19H29N5O2. The number of carbonyl (C=O) groups is 1. The van der Waals surface area contributed by atoms with Crippen molar-refractivity contribution in [2.45, 2.75) is 45.1 Å². The lowest BCUT2D eigenvalue weighted by Crippen LogP contribution is -2.39. The van der Waals surface area contributed by atoms with Gasteiger partial charge in [-0.25, -0.2) is 4.98 Å². The lowest BCUT2D eigenvalue weighted by Gasteiger charge is -2.32. The molecule has 2 aromatic heterocycles. The van der Waals surface area contributed by atoms with E-state index in [0.717, 1.165) is 44.0 Å². The molecule has 142 valence electrons. The molecule has 0 unspecified atom stereocenters. The second-order valence-corrected chi connectivity index (χ2v) is 7.64. The van der Waals surface area contributed by atoms with Crippen LogP contribution in [0.1, 0.15) is 60.6 Å². The molecule has 3 heterocycles. The van der Waals surface area contributed by atoms with Crippen LogP contribution < -0.4 is 0 Å². The number of nitrogens with zero attached hydrogens (tertiary/aromatic N) is 5. The van der Waals surface area contributed by atoms with Crippen LogP contribution in [0.25, 0.3) is 0 Å². The zero-order chi connectivity index (χ0) is 18.7. The largest absolute Gasteiger partial charge is 0.351 e. The van der Waals surface area contributed by atoms with Gasteiger partial charge in [-0.15, -0.1) is 0 Å². The first kappa shape index (κ1) is 18.6. The van der Waals surface area contributed by atoms with Crippen molar-refractivity contribution >= 4 is 5.91 Å². The molecule has 7 heteroatoms. The number of imidazole rings is 1. The van der Waals surface area contributed by atoms with Crippen molar-refractivity contribution in [3.63, 3.8) is 0 Å². The third kappa shape index (κ3) is 4.15. The summed E-state index contributed by atoms with van der Waals surface area (Å²) in [6.45, 7) is 7.38. The van der Waals surface area contributed by atoms with Crippen molar-refractivity contribution in [3.05, 3.63) is 35.7 Å². The summed E-state index contributed by atoms with van der Waals surface area (Å²) < 4.78 is 7.50. The fraction of sp³-hybridized carbons (Fsp3) is 0.632. The Bertz CT molecular complexity index is 734. The lowest BCUT2D eigenvalue weighted by molar-refractivity contribution is 0.0661. The molecule has 7 nitrogen and oxygen atoms in total. The average molecular weight is 359 g/mol. The molecule has 3 rings (SSSR count). The average Bonchev–Trinajstić information content (AvgIpc) is 3.29. The highest BCUT2D eigenvalue weighted by molar-refractivity contribution is 5.91. The maximum atomic E-state index is 12.8. The van der Waals surface area contributed by atoms with Crippen molar-refractivity contribution in [2.75, 3.05) is 33.7 Å². The van der Waals surface area contributed by atoms with Gasteiger partial charge in [0.25, 0.3) is 5.91 Å². The van der Waals surface area contributed by atoms with Crippen molar-refractivity contribution < 1.29 is 9.32 Å². The lowest BCUT2D eigenvalue weighted by atomic mass is 9.96. The van der Waals surface area contributed by atoms with Crippen molar-refractivity contribution in [1.82, 2.24) is 24.5 Å². The van der Waals surface area contributed by atoms with Crippen molar-refractivity contribution in [3.8, 4) is 0 Å². The SMILES string of the molecule is CC(C)c1cc(C(=O)N2CCC[C@H](c3nccn3CCN(C)C)C2)on1. The van der Waals surface area contributed by atoms with Gasteiger partial charge in [-0.3, -0.25) is 4.79 Å². The summed E-state index contributed by atoms with van der Waals surface area (Å²) in [6, 6.07) is 1.77. The third-order valence-corrected chi connectivity index (χ3v) is 4.94. The Balaban J connectivity index is 1.69. The van der Waals surface area contributed by atoms with E-state index < -0.39 is 0 Å². The summed E-state index contributed by atoms with van der Waals surface area (Å²) in [5, 5.41) is 4.01. The first-order valence-corrected chi connectivity index (χ1v) is 9.37. The number of aromatic nitrogens is 3. The fourth-order valence-electron chi connectivity index (χ4n) is 3.37. The molecule has 0 aliphatic carbocycles. The standard InChI is InChI=1S/C19H29N5O2/c1-14(2)16-12-17(26-21-16)19(25)24-8-5-6-15(13-24)18-20-7-9-23(18)11-10-22(3)4/h7,9,12,14-15H,5-6,8,10-11,13H2,1-4H3/t15-/m0/s1. The molecule has 1 saturated heterocycles. The second-order valence-electron chi connectivity index (χ2n) is 7.64. The number of rotatable bonds is 6. The maximum absolute atomic E-state index is 12.8. The van der Waals surface area contributed by atoms with Crippen LogP contribution in [-0.2, 0) is 6.54 Å².